The average molecular weight is 562 g/mol. The molecule has 1 N–H and O–H groups in total. The third-order valence-corrected chi connectivity index (χ3v) is 8.76. The van der Waals surface area contributed by atoms with E-state index in [9.17, 15) is 9.59 Å². The summed E-state index contributed by atoms with van der Waals surface area (Å²) in [6, 6.07) is 6.76. The van der Waals surface area contributed by atoms with Crippen molar-refractivity contribution in [1.29, 1.82) is 0 Å². The lowest BCUT2D eigenvalue weighted by Crippen LogP contribution is -2.51. The predicted octanol–water partition coefficient (Wildman–Crippen LogP) is 5.55. The Morgan fingerprint density at radius 2 is 1.85 bits per heavy atom. The Morgan fingerprint density at radius 3 is 2.63 bits per heavy atom. The van der Waals surface area contributed by atoms with E-state index >= 15 is 0 Å². The van der Waals surface area contributed by atoms with Gasteiger partial charge in [0.2, 0.25) is 0 Å². The molecule has 2 aromatic rings. The molecule has 0 spiro atoms. The molecule has 2 fully saturated rings. The average Bonchev–Trinajstić information content (AvgIpc) is 3.58. The van der Waals surface area contributed by atoms with Gasteiger partial charge in [0, 0.05) is 56.9 Å². The van der Waals surface area contributed by atoms with Crippen LogP contribution in [0.5, 0.6) is 0 Å². The fraction of sp³-hybridized carbons (Fsp3) is 0.594. The number of urea groups is 1. The van der Waals surface area contributed by atoms with E-state index in [1.807, 2.05) is 48.6 Å². The summed E-state index contributed by atoms with van der Waals surface area (Å²) in [6.07, 6.45) is 4.28. The Balaban J connectivity index is 1.37. The van der Waals surface area contributed by atoms with Crippen LogP contribution in [-0.2, 0) is 22.4 Å². The molecule has 9 nitrogen and oxygen atoms in total. The lowest BCUT2D eigenvalue weighted by molar-refractivity contribution is -0.00976. The van der Waals surface area contributed by atoms with Gasteiger partial charge in [0.05, 0.1) is 18.8 Å². The van der Waals surface area contributed by atoms with Crippen molar-refractivity contribution < 1.29 is 19.1 Å². The van der Waals surface area contributed by atoms with Crippen LogP contribution in [0.4, 0.5) is 15.4 Å². The van der Waals surface area contributed by atoms with E-state index in [0.29, 0.717) is 45.2 Å². The Hall–Kier alpha value is -3.33. The first-order valence-electron chi connectivity index (χ1n) is 15.1. The Labute approximate surface area is 243 Å². The van der Waals surface area contributed by atoms with Crippen molar-refractivity contribution in [2.24, 2.45) is 0 Å². The zero-order chi connectivity index (χ0) is 28.9. The number of nitrogens with zero attached hydrogens (tertiary/aromatic N) is 4. The number of aromatic nitrogens is 1. The fourth-order valence-electron chi connectivity index (χ4n) is 6.67. The third-order valence-electron chi connectivity index (χ3n) is 8.76. The topological polar surface area (TPSA) is 87.2 Å². The zero-order valence-electron chi connectivity index (χ0n) is 25.0. The molecule has 4 aliphatic heterocycles. The van der Waals surface area contributed by atoms with Gasteiger partial charge in [-0.05, 0) is 86.9 Å². The number of hydrogen-bond donors (Lipinski definition) is 1. The third kappa shape index (κ3) is 5.61. The first-order chi connectivity index (χ1) is 19.6. The Morgan fingerprint density at radius 1 is 1.05 bits per heavy atom. The highest BCUT2D eigenvalue weighted by Gasteiger charge is 2.37. The van der Waals surface area contributed by atoms with Crippen LogP contribution in [-0.4, -0.2) is 82.8 Å². The van der Waals surface area contributed by atoms with Gasteiger partial charge in [-0.3, -0.25) is 0 Å². The number of morpholine rings is 1. The number of likely N-dealkylation sites (tertiary alicyclic amines) is 1. The molecule has 220 valence electrons. The number of hydrogen-bond acceptors (Lipinski definition) is 6. The monoisotopic (exact) mass is 561 g/mol. The maximum absolute atomic E-state index is 13.6. The van der Waals surface area contributed by atoms with Crippen LogP contribution in [0.3, 0.4) is 0 Å². The number of pyridine rings is 1. The van der Waals surface area contributed by atoms with Crippen molar-refractivity contribution in [3.63, 3.8) is 0 Å². The van der Waals surface area contributed by atoms with E-state index in [2.05, 4.69) is 30.4 Å². The minimum Gasteiger partial charge on any atom is -0.444 e. The molecular formula is C32H43N5O4. The second-order valence-corrected chi connectivity index (χ2v) is 13.1. The van der Waals surface area contributed by atoms with Gasteiger partial charge in [-0.1, -0.05) is 13.0 Å². The van der Waals surface area contributed by atoms with Crippen LogP contribution >= 0.6 is 0 Å². The summed E-state index contributed by atoms with van der Waals surface area (Å²) in [5.41, 5.74) is 6.43. The van der Waals surface area contributed by atoms with Crippen LogP contribution in [0, 0.1) is 0 Å². The highest BCUT2D eigenvalue weighted by molar-refractivity contribution is 5.76. The molecule has 9 heteroatoms. The van der Waals surface area contributed by atoms with Gasteiger partial charge in [0.1, 0.15) is 11.4 Å². The largest absolute Gasteiger partial charge is 0.444 e. The van der Waals surface area contributed by atoms with E-state index in [1.165, 1.54) is 16.7 Å². The van der Waals surface area contributed by atoms with Crippen molar-refractivity contribution in [2.45, 2.75) is 84.1 Å². The molecule has 2 saturated heterocycles. The summed E-state index contributed by atoms with van der Waals surface area (Å²) in [5, 5.41) is 3.40. The number of anilines is 1. The lowest BCUT2D eigenvalue weighted by atomic mass is 9.86. The summed E-state index contributed by atoms with van der Waals surface area (Å²) in [6.45, 7) is 14.5. The minimum atomic E-state index is -0.565. The Bertz CT molecular complexity index is 1340. The molecule has 5 heterocycles. The number of amides is 3. The molecular weight excluding hydrogens is 518 g/mol. The summed E-state index contributed by atoms with van der Waals surface area (Å²) < 4.78 is 11.5. The second kappa shape index (κ2) is 10.8. The van der Waals surface area contributed by atoms with Crippen molar-refractivity contribution in [3.05, 3.63) is 46.6 Å². The van der Waals surface area contributed by atoms with Gasteiger partial charge in [-0.2, -0.15) is 0 Å². The second-order valence-electron chi connectivity index (χ2n) is 13.1. The molecule has 0 saturated carbocycles. The van der Waals surface area contributed by atoms with Crippen LogP contribution in [0.1, 0.15) is 81.7 Å². The van der Waals surface area contributed by atoms with E-state index in [0.717, 1.165) is 48.3 Å². The van der Waals surface area contributed by atoms with Crippen molar-refractivity contribution in [2.75, 3.05) is 44.6 Å². The van der Waals surface area contributed by atoms with Gasteiger partial charge >= 0.3 is 12.1 Å². The smallest absolute Gasteiger partial charge is 0.410 e. The summed E-state index contributed by atoms with van der Waals surface area (Å²) in [4.78, 5) is 37.5. The highest BCUT2D eigenvalue weighted by Crippen LogP contribution is 2.41. The molecule has 3 amide bonds. The number of rotatable bonds is 2. The summed E-state index contributed by atoms with van der Waals surface area (Å²) >= 11 is 0. The molecule has 6 rings (SSSR count). The van der Waals surface area contributed by atoms with Crippen molar-refractivity contribution >= 4 is 17.9 Å². The summed E-state index contributed by atoms with van der Waals surface area (Å²) in [5.74, 6) is 1.38. The molecule has 41 heavy (non-hydrogen) atoms. The van der Waals surface area contributed by atoms with Crippen LogP contribution in [0.25, 0.3) is 11.1 Å². The Kier molecular flexibility index (Phi) is 7.34. The number of carbonyl (C=O) groups excluding carboxylic acids is 2. The number of benzene rings is 1. The van der Waals surface area contributed by atoms with E-state index in [-0.39, 0.29) is 24.3 Å². The quantitative estimate of drug-likeness (QED) is 0.518. The molecule has 1 aromatic carbocycles. The van der Waals surface area contributed by atoms with Crippen LogP contribution < -0.4 is 5.32 Å². The van der Waals surface area contributed by atoms with E-state index in [1.54, 1.807) is 0 Å². The van der Waals surface area contributed by atoms with Gasteiger partial charge in [-0.25, -0.2) is 14.6 Å². The lowest BCUT2D eigenvalue weighted by Gasteiger charge is -2.39. The highest BCUT2D eigenvalue weighted by atomic mass is 16.6. The molecule has 0 radical (unpaired) electrons. The standard InChI is InChI=1S/C32H43N5O4/c1-20-16-33-29-25(20)15-24(17-34-29)23-13-22-8-10-35(30(38)36-11-12-40-21(2)18-36)19-27(22)26(14-23)28-7-6-9-37(28)31(39)41-32(3,4)5/h13-15,17,20-21,28H,6-12,16,18-19H2,1-5H3,(H,33,34)/t20?,21-,28-/m0/s1. The fourth-order valence-corrected chi connectivity index (χ4v) is 6.67. The molecule has 0 bridgehead atoms. The number of carbonyl (C=O) groups is 2. The van der Waals surface area contributed by atoms with Gasteiger partial charge in [-0.15, -0.1) is 0 Å². The van der Waals surface area contributed by atoms with Gasteiger partial charge in [0.25, 0.3) is 0 Å². The van der Waals surface area contributed by atoms with Crippen molar-refractivity contribution in [3.8, 4) is 11.1 Å². The number of ether oxygens (including phenoxy) is 2. The molecule has 4 aliphatic rings. The summed E-state index contributed by atoms with van der Waals surface area (Å²) in [7, 11) is 0. The first kappa shape index (κ1) is 27.8. The normalized spacial score (nSPS) is 24.1. The predicted molar refractivity (Wildman–Crippen MR) is 158 cm³/mol. The molecule has 1 aromatic heterocycles. The van der Waals surface area contributed by atoms with Crippen molar-refractivity contribution in [1.82, 2.24) is 19.7 Å². The number of nitrogens with one attached hydrogen (secondary N) is 1. The first-order valence-corrected chi connectivity index (χ1v) is 15.1. The van der Waals surface area contributed by atoms with Crippen LogP contribution in [0.2, 0.25) is 0 Å². The molecule has 0 aliphatic carbocycles. The number of fused-ring (bicyclic) bond motifs is 2. The van der Waals surface area contributed by atoms with Gasteiger partial charge < -0.3 is 29.5 Å². The minimum absolute atomic E-state index is 0.0441. The molecule has 3 atom stereocenters. The zero-order valence-corrected chi connectivity index (χ0v) is 25.0. The van der Waals surface area contributed by atoms with E-state index in [4.69, 9.17) is 14.5 Å². The van der Waals surface area contributed by atoms with Crippen LogP contribution in [0.15, 0.2) is 24.4 Å². The SMILES string of the molecule is CC1CNc2ncc(-c3cc4c(c([C@@H]5CCCN5C(=O)OC(C)(C)C)c3)CN(C(=O)N3CCO[C@@H](C)C3)CC4)cc21. The maximum atomic E-state index is 13.6. The van der Waals surface area contributed by atoms with E-state index < -0.39 is 5.60 Å². The van der Waals surface area contributed by atoms with Gasteiger partial charge in [0.15, 0.2) is 0 Å². The maximum Gasteiger partial charge on any atom is 0.410 e. The molecule has 1 unspecified atom stereocenters.